The molecule has 31 heavy (non-hydrogen) atoms. The molecule has 5 nitrogen and oxygen atoms in total. The summed E-state index contributed by atoms with van der Waals surface area (Å²) in [5.74, 6) is -2.51. The van der Waals surface area contributed by atoms with Gasteiger partial charge in [0.05, 0.1) is 11.2 Å². The monoisotopic (exact) mass is 432 g/mol. The van der Waals surface area contributed by atoms with E-state index in [4.69, 9.17) is 9.47 Å². The van der Waals surface area contributed by atoms with Crippen molar-refractivity contribution >= 4 is 16.9 Å². The fraction of sp³-hybridized carbons (Fsp3) is 0.304. The van der Waals surface area contributed by atoms with Gasteiger partial charge in [-0.15, -0.1) is 0 Å². The highest BCUT2D eigenvalue weighted by atomic mass is 19.4. The Hall–Kier alpha value is -3.29. The molecule has 0 fully saturated rings. The molecule has 0 N–H and O–H groups in total. The van der Waals surface area contributed by atoms with Gasteiger partial charge in [-0.05, 0) is 44.2 Å². The maximum atomic E-state index is 13.3. The summed E-state index contributed by atoms with van der Waals surface area (Å²) < 4.78 is 52.2. The summed E-state index contributed by atoms with van der Waals surface area (Å²) >= 11 is 0. The van der Waals surface area contributed by atoms with E-state index >= 15 is 0 Å². The molecule has 0 radical (unpaired) electrons. The lowest BCUT2D eigenvalue weighted by atomic mass is 10.1. The van der Waals surface area contributed by atoms with Crippen LogP contribution >= 0.6 is 0 Å². The molecule has 3 aromatic rings. The standard InChI is InChI=1S/C23H23F3N2O3/c1-4-28-20(17-6-5-9-27-12-17)10-16-7-8-19(11-21(16)28)30-13-18(23(24,25)26)14-31-22(29)15(2)3/h5-12,18H,2,4,13-14H2,1,3H3. The molecule has 3 rings (SSSR count). The molecule has 1 unspecified atom stereocenters. The van der Waals surface area contributed by atoms with Gasteiger partial charge in [0.1, 0.15) is 24.9 Å². The van der Waals surface area contributed by atoms with Crippen molar-refractivity contribution in [3.63, 3.8) is 0 Å². The Morgan fingerprint density at radius 3 is 2.61 bits per heavy atom. The number of carbonyl (C=O) groups is 1. The number of esters is 1. The number of benzene rings is 1. The van der Waals surface area contributed by atoms with Gasteiger partial charge < -0.3 is 14.0 Å². The summed E-state index contributed by atoms with van der Waals surface area (Å²) in [7, 11) is 0. The first-order valence-electron chi connectivity index (χ1n) is 9.76. The average molecular weight is 432 g/mol. The van der Waals surface area contributed by atoms with E-state index in [0.717, 1.165) is 22.2 Å². The highest BCUT2D eigenvalue weighted by molar-refractivity contribution is 5.88. The first-order chi connectivity index (χ1) is 14.7. The van der Waals surface area contributed by atoms with Crippen LogP contribution in [0.4, 0.5) is 13.2 Å². The minimum Gasteiger partial charge on any atom is -0.493 e. The predicted octanol–water partition coefficient (Wildman–Crippen LogP) is 5.40. The maximum absolute atomic E-state index is 13.3. The number of hydrogen-bond donors (Lipinski definition) is 0. The number of nitrogens with zero attached hydrogens (tertiary/aromatic N) is 2. The van der Waals surface area contributed by atoms with Gasteiger partial charge in [-0.1, -0.05) is 6.58 Å². The van der Waals surface area contributed by atoms with Crippen LogP contribution in [0.1, 0.15) is 13.8 Å². The van der Waals surface area contributed by atoms with E-state index in [9.17, 15) is 18.0 Å². The summed E-state index contributed by atoms with van der Waals surface area (Å²) in [6.07, 6.45) is -1.12. The van der Waals surface area contributed by atoms with Crippen LogP contribution in [-0.2, 0) is 16.1 Å². The summed E-state index contributed by atoms with van der Waals surface area (Å²) in [5, 5.41) is 0.941. The van der Waals surface area contributed by atoms with Crippen LogP contribution < -0.4 is 4.74 Å². The van der Waals surface area contributed by atoms with Crippen molar-refractivity contribution < 1.29 is 27.4 Å². The quantitative estimate of drug-likeness (QED) is 0.353. The largest absolute Gasteiger partial charge is 0.493 e. The summed E-state index contributed by atoms with van der Waals surface area (Å²) in [4.78, 5) is 15.6. The van der Waals surface area contributed by atoms with E-state index in [1.807, 2.05) is 25.1 Å². The Morgan fingerprint density at radius 2 is 2.00 bits per heavy atom. The minimum absolute atomic E-state index is 0.0389. The normalized spacial score (nSPS) is 12.5. The highest BCUT2D eigenvalue weighted by Crippen LogP contribution is 2.32. The van der Waals surface area contributed by atoms with Gasteiger partial charge in [0.15, 0.2) is 0 Å². The molecular weight excluding hydrogens is 409 g/mol. The van der Waals surface area contributed by atoms with Crippen molar-refractivity contribution in [3.05, 3.63) is 60.9 Å². The lowest BCUT2D eigenvalue weighted by Crippen LogP contribution is -2.33. The zero-order chi connectivity index (χ0) is 22.6. The Kier molecular flexibility index (Phi) is 6.68. The van der Waals surface area contributed by atoms with Gasteiger partial charge in [0.2, 0.25) is 0 Å². The Labute approximate surface area is 178 Å². The molecule has 1 aromatic carbocycles. The summed E-state index contributed by atoms with van der Waals surface area (Å²) in [5.41, 5.74) is 2.79. The van der Waals surface area contributed by atoms with Crippen LogP contribution in [-0.4, -0.2) is 34.9 Å². The highest BCUT2D eigenvalue weighted by Gasteiger charge is 2.41. The molecule has 0 aliphatic carbocycles. The summed E-state index contributed by atoms with van der Waals surface area (Å²) in [6, 6.07) is 11.0. The zero-order valence-corrected chi connectivity index (χ0v) is 17.3. The number of halogens is 3. The number of hydrogen-bond acceptors (Lipinski definition) is 4. The number of alkyl halides is 3. The average Bonchev–Trinajstić information content (AvgIpc) is 3.11. The Bertz CT molecular complexity index is 1070. The third kappa shape index (κ3) is 5.25. The molecule has 1 atom stereocenters. The van der Waals surface area contributed by atoms with E-state index < -0.39 is 31.3 Å². The van der Waals surface area contributed by atoms with Crippen LogP contribution in [0.2, 0.25) is 0 Å². The van der Waals surface area contributed by atoms with E-state index in [1.54, 1.807) is 30.6 Å². The molecule has 2 aromatic heterocycles. The second-order valence-electron chi connectivity index (χ2n) is 7.16. The molecule has 164 valence electrons. The number of rotatable bonds is 8. The smallest absolute Gasteiger partial charge is 0.398 e. The number of carbonyl (C=O) groups excluding carboxylic acids is 1. The fourth-order valence-corrected chi connectivity index (χ4v) is 3.15. The maximum Gasteiger partial charge on any atom is 0.398 e. The van der Waals surface area contributed by atoms with Crippen molar-refractivity contribution in [2.45, 2.75) is 26.6 Å². The van der Waals surface area contributed by atoms with Crippen LogP contribution in [0, 0.1) is 5.92 Å². The topological polar surface area (TPSA) is 53.4 Å². The van der Waals surface area contributed by atoms with Gasteiger partial charge in [-0.3, -0.25) is 4.98 Å². The minimum atomic E-state index is -4.57. The van der Waals surface area contributed by atoms with E-state index in [0.29, 0.717) is 12.3 Å². The second-order valence-corrected chi connectivity index (χ2v) is 7.16. The zero-order valence-electron chi connectivity index (χ0n) is 17.3. The molecule has 0 aliphatic heterocycles. The van der Waals surface area contributed by atoms with Crippen LogP contribution in [0.3, 0.4) is 0 Å². The predicted molar refractivity (Wildman–Crippen MR) is 112 cm³/mol. The molecule has 2 heterocycles. The summed E-state index contributed by atoms with van der Waals surface area (Å²) in [6.45, 7) is 5.90. The fourth-order valence-electron chi connectivity index (χ4n) is 3.15. The molecular formula is C23H23F3N2O3. The number of fused-ring (bicyclic) bond motifs is 1. The first kappa shape index (κ1) is 22.4. The van der Waals surface area contributed by atoms with Crippen molar-refractivity contribution in [1.82, 2.24) is 9.55 Å². The van der Waals surface area contributed by atoms with Gasteiger partial charge in [-0.25, -0.2) is 4.79 Å². The second kappa shape index (κ2) is 9.24. The van der Waals surface area contributed by atoms with Gasteiger partial charge in [-0.2, -0.15) is 13.2 Å². The molecule has 0 spiro atoms. The lowest BCUT2D eigenvalue weighted by Gasteiger charge is -2.20. The van der Waals surface area contributed by atoms with Gasteiger partial charge in [0, 0.05) is 41.5 Å². The molecule has 0 amide bonds. The van der Waals surface area contributed by atoms with Crippen LogP contribution in [0.25, 0.3) is 22.2 Å². The van der Waals surface area contributed by atoms with Gasteiger partial charge in [0.25, 0.3) is 0 Å². The lowest BCUT2D eigenvalue weighted by molar-refractivity contribution is -0.196. The number of pyridine rings is 1. The van der Waals surface area contributed by atoms with Crippen molar-refractivity contribution in [1.29, 1.82) is 0 Å². The van der Waals surface area contributed by atoms with E-state index in [1.165, 1.54) is 6.92 Å². The number of ether oxygens (including phenoxy) is 2. The van der Waals surface area contributed by atoms with E-state index in [-0.39, 0.29) is 5.57 Å². The van der Waals surface area contributed by atoms with Crippen molar-refractivity contribution in [2.75, 3.05) is 13.2 Å². The molecule has 0 bridgehead atoms. The van der Waals surface area contributed by atoms with Crippen molar-refractivity contribution in [2.24, 2.45) is 5.92 Å². The third-order valence-corrected chi connectivity index (χ3v) is 4.83. The van der Waals surface area contributed by atoms with Crippen LogP contribution in [0.15, 0.2) is 60.9 Å². The van der Waals surface area contributed by atoms with Gasteiger partial charge >= 0.3 is 12.1 Å². The van der Waals surface area contributed by atoms with Crippen LogP contribution in [0.5, 0.6) is 5.75 Å². The molecule has 0 saturated heterocycles. The number of aromatic nitrogens is 2. The molecule has 8 heteroatoms. The third-order valence-electron chi connectivity index (χ3n) is 4.83. The first-order valence-corrected chi connectivity index (χ1v) is 9.76. The molecule has 0 aliphatic rings. The molecule has 0 saturated carbocycles. The van der Waals surface area contributed by atoms with E-state index in [2.05, 4.69) is 16.1 Å². The van der Waals surface area contributed by atoms with Crippen molar-refractivity contribution in [3.8, 4) is 17.0 Å². The Balaban J connectivity index is 1.81. The SMILES string of the molecule is C=C(C)C(=O)OCC(COc1ccc2cc(-c3cccnc3)n(CC)c2c1)C(F)(F)F. The Morgan fingerprint density at radius 1 is 1.23 bits per heavy atom. The number of aryl methyl sites for hydroxylation is 1.